The molecule has 0 heterocycles. The van der Waals surface area contributed by atoms with E-state index in [-0.39, 0.29) is 0 Å². The molecule has 14 heavy (non-hydrogen) atoms. The molecule has 0 atom stereocenters. The monoisotopic (exact) mass is 188 g/mol. The molecule has 3 heteroatoms. The molecule has 0 aromatic heterocycles. The van der Waals surface area contributed by atoms with Crippen LogP contribution in [0.5, 0.6) is 5.75 Å². The zero-order chi connectivity index (χ0) is 9.97. The van der Waals surface area contributed by atoms with Crippen LogP contribution in [0.3, 0.4) is 0 Å². The second-order valence-corrected chi connectivity index (χ2v) is 3.00. The van der Waals surface area contributed by atoms with Crippen molar-refractivity contribution in [2.45, 2.75) is 0 Å². The molecule has 0 fully saturated rings. The van der Waals surface area contributed by atoms with Gasteiger partial charge in [0.1, 0.15) is 0 Å². The van der Waals surface area contributed by atoms with E-state index in [2.05, 4.69) is 5.48 Å². The molecule has 3 nitrogen and oxygen atoms in total. The van der Waals surface area contributed by atoms with Crippen molar-refractivity contribution in [3.05, 3.63) is 36.4 Å². The van der Waals surface area contributed by atoms with Crippen LogP contribution in [0, 0.1) is 0 Å². The van der Waals surface area contributed by atoms with E-state index in [1.807, 2.05) is 36.4 Å². The minimum absolute atomic E-state index is 0.659. The molecule has 0 amide bonds. The fraction of sp³-hybridized carbons (Fsp3) is 0.0909. The summed E-state index contributed by atoms with van der Waals surface area (Å²) in [6.45, 7) is 0. The first-order valence-electron chi connectivity index (χ1n) is 4.43. The van der Waals surface area contributed by atoms with E-state index < -0.39 is 0 Å². The highest BCUT2D eigenvalue weighted by Gasteiger charge is 2.03. The maximum atomic E-state index is 5.94. The second-order valence-electron chi connectivity index (χ2n) is 3.00. The average Bonchev–Trinajstić information content (AvgIpc) is 2.23. The molecule has 0 unspecified atom stereocenters. The Morgan fingerprint density at radius 3 is 2.71 bits per heavy atom. The third-order valence-electron chi connectivity index (χ3n) is 2.14. The highest BCUT2D eigenvalue weighted by molar-refractivity contribution is 5.95. The lowest BCUT2D eigenvalue weighted by Crippen LogP contribution is -2.12. The lowest BCUT2D eigenvalue weighted by Gasteiger charge is -2.08. The number of anilines is 1. The van der Waals surface area contributed by atoms with Gasteiger partial charge >= 0.3 is 0 Å². The van der Waals surface area contributed by atoms with Gasteiger partial charge in [0.15, 0.2) is 5.75 Å². The van der Waals surface area contributed by atoms with Crippen LogP contribution in [-0.4, -0.2) is 7.05 Å². The predicted molar refractivity (Wildman–Crippen MR) is 58.0 cm³/mol. The summed E-state index contributed by atoms with van der Waals surface area (Å²) in [7, 11) is 1.70. The molecule has 0 aliphatic heterocycles. The summed E-state index contributed by atoms with van der Waals surface area (Å²) < 4.78 is 0. The standard InChI is InChI=1S/C11H12N2O/c1-13-14-10-7-6-8-4-2-3-5-9(8)11(10)12/h2-7,13H,12H2,1H3. The number of nitrogen functional groups attached to an aromatic ring is 1. The maximum Gasteiger partial charge on any atom is 0.170 e. The Labute approximate surface area is 82.4 Å². The van der Waals surface area contributed by atoms with Gasteiger partial charge in [0.25, 0.3) is 0 Å². The predicted octanol–water partition coefficient (Wildman–Crippen LogP) is 1.94. The van der Waals surface area contributed by atoms with Crippen LogP contribution in [0.25, 0.3) is 10.8 Å². The number of nitrogens with two attached hydrogens (primary N) is 1. The molecule has 0 bridgehead atoms. The fourth-order valence-electron chi connectivity index (χ4n) is 1.47. The molecular weight excluding hydrogens is 176 g/mol. The number of fused-ring (bicyclic) bond motifs is 1. The Balaban J connectivity index is 2.63. The second kappa shape index (κ2) is 3.55. The topological polar surface area (TPSA) is 47.3 Å². The van der Waals surface area contributed by atoms with E-state index in [1.165, 1.54) is 0 Å². The van der Waals surface area contributed by atoms with Crippen molar-refractivity contribution in [3.63, 3.8) is 0 Å². The Kier molecular flexibility index (Phi) is 2.24. The van der Waals surface area contributed by atoms with Crippen LogP contribution < -0.4 is 16.1 Å². The number of nitrogens with one attached hydrogen (secondary N) is 1. The normalized spacial score (nSPS) is 10.4. The number of rotatable bonds is 2. The molecule has 0 spiro atoms. The van der Waals surface area contributed by atoms with Gasteiger partial charge in [0, 0.05) is 12.4 Å². The Bertz CT molecular complexity index is 454. The van der Waals surface area contributed by atoms with E-state index in [4.69, 9.17) is 10.6 Å². The number of hydrogen-bond acceptors (Lipinski definition) is 3. The van der Waals surface area contributed by atoms with E-state index in [0.29, 0.717) is 11.4 Å². The Hall–Kier alpha value is -1.74. The van der Waals surface area contributed by atoms with E-state index >= 15 is 0 Å². The first-order chi connectivity index (χ1) is 6.83. The summed E-state index contributed by atoms with van der Waals surface area (Å²) in [5.74, 6) is 0.659. The maximum absolute atomic E-state index is 5.94. The van der Waals surface area contributed by atoms with Gasteiger partial charge in [0.2, 0.25) is 0 Å². The minimum atomic E-state index is 0.659. The molecule has 3 N–H and O–H groups in total. The third-order valence-corrected chi connectivity index (χ3v) is 2.14. The smallest absolute Gasteiger partial charge is 0.170 e. The van der Waals surface area contributed by atoms with Crippen LogP contribution in [0.15, 0.2) is 36.4 Å². The number of benzene rings is 2. The zero-order valence-electron chi connectivity index (χ0n) is 7.95. The summed E-state index contributed by atoms with van der Waals surface area (Å²) in [6, 6.07) is 11.8. The van der Waals surface area contributed by atoms with Gasteiger partial charge in [-0.3, -0.25) is 0 Å². The summed E-state index contributed by atoms with van der Waals surface area (Å²) in [6.07, 6.45) is 0. The van der Waals surface area contributed by atoms with Gasteiger partial charge in [-0.15, -0.1) is 0 Å². The molecular formula is C11H12N2O. The van der Waals surface area contributed by atoms with Crippen molar-refractivity contribution in [2.75, 3.05) is 12.8 Å². The molecule has 72 valence electrons. The quantitative estimate of drug-likeness (QED) is 0.559. The molecule has 0 aliphatic carbocycles. The van der Waals surface area contributed by atoms with E-state index in [0.717, 1.165) is 10.8 Å². The summed E-state index contributed by atoms with van der Waals surface area (Å²) in [5.41, 5.74) is 9.21. The van der Waals surface area contributed by atoms with Gasteiger partial charge in [-0.05, 0) is 11.5 Å². The Morgan fingerprint density at radius 1 is 1.14 bits per heavy atom. The zero-order valence-corrected chi connectivity index (χ0v) is 7.95. The van der Waals surface area contributed by atoms with Crippen LogP contribution in [-0.2, 0) is 0 Å². The van der Waals surface area contributed by atoms with Crippen molar-refractivity contribution in [1.29, 1.82) is 0 Å². The molecule has 2 rings (SSSR count). The average molecular weight is 188 g/mol. The summed E-state index contributed by atoms with van der Waals surface area (Å²) in [5, 5.41) is 2.13. The van der Waals surface area contributed by atoms with Gasteiger partial charge in [-0.25, -0.2) is 0 Å². The van der Waals surface area contributed by atoms with Crippen LogP contribution in [0.2, 0.25) is 0 Å². The molecule has 0 saturated heterocycles. The van der Waals surface area contributed by atoms with Crippen molar-refractivity contribution in [2.24, 2.45) is 0 Å². The summed E-state index contributed by atoms with van der Waals surface area (Å²) in [4.78, 5) is 5.17. The van der Waals surface area contributed by atoms with Crippen LogP contribution in [0.1, 0.15) is 0 Å². The van der Waals surface area contributed by atoms with Crippen molar-refractivity contribution in [3.8, 4) is 5.75 Å². The lowest BCUT2D eigenvalue weighted by atomic mass is 10.1. The largest absolute Gasteiger partial charge is 0.407 e. The molecule has 2 aromatic rings. The first-order valence-corrected chi connectivity index (χ1v) is 4.43. The van der Waals surface area contributed by atoms with Gasteiger partial charge < -0.3 is 10.6 Å². The number of hydrogen-bond donors (Lipinski definition) is 2. The SMILES string of the molecule is CNOc1ccc2ccccc2c1N. The van der Waals surface area contributed by atoms with Crippen molar-refractivity contribution < 1.29 is 4.84 Å². The number of hydroxylamine groups is 1. The van der Waals surface area contributed by atoms with Crippen LogP contribution in [0.4, 0.5) is 5.69 Å². The molecule has 0 aliphatic rings. The van der Waals surface area contributed by atoms with Gasteiger partial charge in [-0.2, -0.15) is 5.48 Å². The summed E-state index contributed by atoms with van der Waals surface area (Å²) >= 11 is 0. The van der Waals surface area contributed by atoms with E-state index in [9.17, 15) is 0 Å². The van der Waals surface area contributed by atoms with Crippen LogP contribution >= 0.6 is 0 Å². The molecule has 2 aromatic carbocycles. The highest BCUT2D eigenvalue weighted by Crippen LogP contribution is 2.29. The highest BCUT2D eigenvalue weighted by atomic mass is 16.6. The molecule has 0 saturated carbocycles. The van der Waals surface area contributed by atoms with Gasteiger partial charge in [0.05, 0.1) is 5.69 Å². The lowest BCUT2D eigenvalue weighted by molar-refractivity contribution is 0.225. The first kappa shape index (κ1) is 8.84. The van der Waals surface area contributed by atoms with Gasteiger partial charge in [-0.1, -0.05) is 30.3 Å². The van der Waals surface area contributed by atoms with E-state index in [1.54, 1.807) is 7.05 Å². The Morgan fingerprint density at radius 2 is 1.93 bits per heavy atom. The third kappa shape index (κ3) is 1.38. The van der Waals surface area contributed by atoms with Crippen molar-refractivity contribution in [1.82, 2.24) is 5.48 Å². The minimum Gasteiger partial charge on any atom is -0.407 e. The molecule has 0 radical (unpaired) electrons. The van der Waals surface area contributed by atoms with Crippen molar-refractivity contribution >= 4 is 16.5 Å². The fourth-order valence-corrected chi connectivity index (χ4v) is 1.47.